The van der Waals surface area contributed by atoms with Gasteiger partial charge in [-0.2, -0.15) is 0 Å². The van der Waals surface area contributed by atoms with Crippen molar-refractivity contribution in [1.29, 1.82) is 0 Å². The van der Waals surface area contributed by atoms with Crippen LogP contribution in [-0.2, 0) is 4.79 Å². The lowest BCUT2D eigenvalue weighted by atomic mass is 9.78. The zero-order valence-electron chi connectivity index (χ0n) is 18.5. The minimum Gasteiger partial charge on any atom is -0.494 e. The van der Waals surface area contributed by atoms with Gasteiger partial charge in [-0.25, -0.2) is 0 Å². The number of hydrogen-bond acceptors (Lipinski definition) is 3. The number of benzene rings is 1. The van der Waals surface area contributed by atoms with Gasteiger partial charge in [0.1, 0.15) is 11.5 Å². The molecule has 2 aliphatic carbocycles. The van der Waals surface area contributed by atoms with Gasteiger partial charge in [-0.15, -0.1) is 0 Å². The molecule has 0 unspecified atom stereocenters. The molecule has 0 saturated heterocycles. The van der Waals surface area contributed by atoms with Gasteiger partial charge in [0.2, 0.25) is 0 Å². The van der Waals surface area contributed by atoms with Crippen molar-refractivity contribution in [3.05, 3.63) is 24.3 Å². The minimum absolute atomic E-state index is 0.0687. The van der Waals surface area contributed by atoms with Crippen LogP contribution in [0.2, 0.25) is 0 Å². The summed E-state index contributed by atoms with van der Waals surface area (Å²) >= 11 is 0. The fraction of sp³-hybridized carbons (Fsp3) is 0.731. The quantitative estimate of drug-likeness (QED) is 0.250. The lowest BCUT2D eigenvalue weighted by Crippen LogP contribution is -2.24. The molecule has 3 heteroatoms. The maximum Gasteiger partial charge on any atom is 0.314 e. The second-order valence-electron chi connectivity index (χ2n) is 9.52. The molecule has 3 nitrogen and oxygen atoms in total. The molecule has 2 fully saturated rings. The van der Waals surface area contributed by atoms with E-state index in [2.05, 4.69) is 13.8 Å². The van der Waals surface area contributed by atoms with E-state index in [4.69, 9.17) is 9.47 Å². The Labute approximate surface area is 177 Å². The number of carbonyl (C=O) groups excluding carboxylic acids is 1. The molecule has 29 heavy (non-hydrogen) atoms. The Hall–Kier alpha value is -1.51. The third kappa shape index (κ3) is 7.35. The summed E-state index contributed by atoms with van der Waals surface area (Å²) in [6, 6.07) is 7.55. The highest BCUT2D eigenvalue weighted by Crippen LogP contribution is 2.34. The van der Waals surface area contributed by atoms with Crippen LogP contribution in [0.25, 0.3) is 0 Å². The van der Waals surface area contributed by atoms with Gasteiger partial charge in [-0.05, 0) is 80.5 Å². The first-order chi connectivity index (χ1) is 14.1. The van der Waals surface area contributed by atoms with E-state index in [1.807, 2.05) is 24.3 Å². The molecule has 0 bridgehead atoms. The second kappa shape index (κ2) is 11.6. The van der Waals surface area contributed by atoms with Crippen molar-refractivity contribution in [3.8, 4) is 11.5 Å². The summed E-state index contributed by atoms with van der Waals surface area (Å²) in [4.78, 5) is 12.3. The Bertz CT molecular complexity index is 593. The first-order valence-electron chi connectivity index (χ1n) is 12.1. The highest BCUT2D eigenvalue weighted by Gasteiger charge is 2.26. The van der Waals surface area contributed by atoms with E-state index in [1.54, 1.807) is 0 Å². The molecule has 0 amide bonds. The van der Waals surface area contributed by atoms with Crippen LogP contribution in [-0.4, -0.2) is 12.6 Å². The lowest BCUT2D eigenvalue weighted by molar-refractivity contribution is -0.140. The van der Waals surface area contributed by atoms with Crippen molar-refractivity contribution in [2.75, 3.05) is 6.61 Å². The van der Waals surface area contributed by atoms with Crippen LogP contribution in [0.1, 0.15) is 90.9 Å². The third-order valence-electron chi connectivity index (χ3n) is 7.08. The largest absolute Gasteiger partial charge is 0.494 e. The smallest absolute Gasteiger partial charge is 0.314 e. The molecule has 0 spiro atoms. The van der Waals surface area contributed by atoms with Crippen molar-refractivity contribution >= 4 is 5.97 Å². The van der Waals surface area contributed by atoms with E-state index < -0.39 is 0 Å². The summed E-state index contributed by atoms with van der Waals surface area (Å²) in [6.07, 6.45) is 15.0. The van der Waals surface area contributed by atoms with E-state index in [-0.39, 0.29) is 11.9 Å². The van der Waals surface area contributed by atoms with Crippen LogP contribution >= 0.6 is 0 Å². The van der Waals surface area contributed by atoms with Gasteiger partial charge in [0.15, 0.2) is 0 Å². The van der Waals surface area contributed by atoms with Crippen molar-refractivity contribution in [2.24, 2.45) is 23.7 Å². The summed E-state index contributed by atoms with van der Waals surface area (Å²) in [5.41, 5.74) is 0. The van der Waals surface area contributed by atoms with E-state index in [9.17, 15) is 4.79 Å². The number of hydrogen-bond donors (Lipinski definition) is 0. The molecule has 0 aliphatic heterocycles. The van der Waals surface area contributed by atoms with Gasteiger partial charge in [0, 0.05) is 0 Å². The second-order valence-corrected chi connectivity index (χ2v) is 9.52. The van der Waals surface area contributed by atoms with E-state index in [0.29, 0.717) is 5.75 Å². The molecular weight excluding hydrogens is 360 g/mol. The van der Waals surface area contributed by atoms with Crippen LogP contribution in [0.4, 0.5) is 0 Å². The Balaban J connectivity index is 1.31. The molecule has 0 heterocycles. The average Bonchev–Trinajstić information content (AvgIpc) is 2.74. The summed E-state index contributed by atoms with van der Waals surface area (Å²) in [6.45, 7) is 5.34. The standard InChI is InChI=1S/C26H40O3/c1-3-5-21-9-11-22(12-10-21)6-4-19-28-24-15-17-25(18-16-24)29-26(27)23-13-7-20(2)8-14-23/h15-18,20-23H,3-14,19H2,1-2H3. The molecule has 162 valence electrons. The molecular formula is C26H40O3. The van der Waals surface area contributed by atoms with Crippen LogP contribution in [0.5, 0.6) is 11.5 Å². The average molecular weight is 401 g/mol. The molecule has 0 atom stereocenters. The molecule has 0 N–H and O–H groups in total. The molecule has 2 aliphatic rings. The maximum absolute atomic E-state index is 12.3. The Morgan fingerprint density at radius 1 is 0.862 bits per heavy atom. The lowest BCUT2D eigenvalue weighted by Gasteiger charge is -2.28. The van der Waals surface area contributed by atoms with E-state index >= 15 is 0 Å². The number of carbonyl (C=O) groups is 1. The van der Waals surface area contributed by atoms with Gasteiger partial charge in [-0.3, -0.25) is 4.79 Å². The number of ether oxygens (including phenoxy) is 2. The zero-order valence-corrected chi connectivity index (χ0v) is 18.5. The molecule has 1 aromatic rings. The first kappa shape index (κ1) is 22.2. The minimum atomic E-state index is -0.0702. The van der Waals surface area contributed by atoms with Gasteiger partial charge >= 0.3 is 5.97 Å². The highest BCUT2D eigenvalue weighted by molar-refractivity contribution is 5.75. The summed E-state index contributed by atoms with van der Waals surface area (Å²) in [7, 11) is 0. The van der Waals surface area contributed by atoms with Crippen LogP contribution in [0, 0.1) is 23.7 Å². The predicted octanol–water partition coefficient (Wildman–Crippen LogP) is 7.18. The number of esters is 1. The Morgan fingerprint density at radius 2 is 1.45 bits per heavy atom. The zero-order chi connectivity index (χ0) is 20.5. The van der Waals surface area contributed by atoms with Crippen molar-refractivity contribution in [3.63, 3.8) is 0 Å². The summed E-state index contributed by atoms with van der Waals surface area (Å²) < 4.78 is 11.5. The van der Waals surface area contributed by atoms with Gasteiger partial charge in [0.25, 0.3) is 0 Å². The highest BCUT2D eigenvalue weighted by atomic mass is 16.5. The van der Waals surface area contributed by atoms with E-state index in [0.717, 1.165) is 62.2 Å². The van der Waals surface area contributed by atoms with Gasteiger partial charge < -0.3 is 9.47 Å². The van der Waals surface area contributed by atoms with Crippen molar-refractivity contribution < 1.29 is 14.3 Å². The normalized spacial score (nSPS) is 27.4. The maximum atomic E-state index is 12.3. The Morgan fingerprint density at radius 3 is 2.07 bits per heavy atom. The fourth-order valence-electron chi connectivity index (χ4n) is 5.08. The van der Waals surface area contributed by atoms with Crippen LogP contribution in [0.3, 0.4) is 0 Å². The van der Waals surface area contributed by atoms with E-state index in [1.165, 1.54) is 44.9 Å². The van der Waals surface area contributed by atoms with Crippen LogP contribution in [0.15, 0.2) is 24.3 Å². The predicted molar refractivity (Wildman–Crippen MR) is 118 cm³/mol. The molecule has 0 aromatic heterocycles. The topological polar surface area (TPSA) is 35.5 Å². The van der Waals surface area contributed by atoms with Gasteiger partial charge in [0.05, 0.1) is 12.5 Å². The SMILES string of the molecule is CCCC1CCC(CCCOc2ccc(OC(=O)C3CCC(C)CC3)cc2)CC1. The molecule has 3 rings (SSSR count). The van der Waals surface area contributed by atoms with Gasteiger partial charge in [-0.1, -0.05) is 52.4 Å². The fourth-order valence-corrected chi connectivity index (χ4v) is 5.08. The first-order valence-corrected chi connectivity index (χ1v) is 12.1. The monoisotopic (exact) mass is 400 g/mol. The molecule has 2 saturated carbocycles. The van der Waals surface area contributed by atoms with Crippen LogP contribution < -0.4 is 9.47 Å². The Kier molecular flexibility index (Phi) is 8.89. The summed E-state index contributed by atoms with van der Waals surface area (Å²) in [5.74, 6) is 4.12. The third-order valence-corrected chi connectivity index (χ3v) is 7.08. The van der Waals surface area contributed by atoms with Crippen molar-refractivity contribution in [2.45, 2.75) is 90.9 Å². The summed E-state index contributed by atoms with van der Waals surface area (Å²) in [5, 5.41) is 0. The van der Waals surface area contributed by atoms with Crippen molar-refractivity contribution in [1.82, 2.24) is 0 Å². The molecule has 1 aromatic carbocycles. The molecule has 0 radical (unpaired) electrons. The number of rotatable bonds is 9.